The summed E-state index contributed by atoms with van der Waals surface area (Å²) < 4.78 is 10.6. The standard InChI is InChI=1S/C22H25NO4/c1-4-9-26-13-22(25)23-16-6-8-18-17-7-5-14(2)10-19(17)21(20(18)11-16)12-27-15(3)24/h5-8,10-11,21H,4,9,12-13H2,1-3H3,(H,23,25). The van der Waals surface area contributed by atoms with Crippen LogP contribution < -0.4 is 5.32 Å². The Morgan fingerprint density at radius 3 is 2.48 bits per heavy atom. The van der Waals surface area contributed by atoms with Crippen LogP contribution in [0.2, 0.25) is 0 Å². The topological polar surface area (TPSA) is 64.6 Å². The summed E-state index contributed by atoms with van der Waals surface area (Å²) in [7, 11) is 0. The predicted octanol–water partition coefficient (Wildman–Crippen LogP) is 4.04. The normalized spacial score (nSPS) is 14.4. The second kappa shape index (κ2) is 8.35. The van der Waals surface area contributed by atoms with Crippen LogP contribution in [-0.2, 0) is 19.1 Å². The molecule has 1 aliphatic rings. The highest BCUT2D eigenvalue weighted by Gasteiger charge is 2.30. The summed E-state index contributed by atoms with van der Waals surface area (Å²) in [5.41, 5.74) is 6.36. The molecule has 1 aliphatic carbocycles. The summed E-state index contributed by atoms with van der Waals surface area (Å²) in [4.78, 5) is 23.4. The number of fused-ring (bicyclic) bond motifs is 3. The lowest BCUT2D eigenvalue weighted by molar-refractivity contribution is -0.141. The molecule has 1 N–H and O–H groups in total. The van der Waals surface area contributed by atoms with Crippen molar-refractivity contribution in [3.63, 3.8) is 0 Å². The molecule has 5 nitrogen and oxygen atoms in total. The first-order chi connectivity index (χ1) is 13.0. The molecule has 2 aromatic rings. The first-order valence-corrected chi connectivity index (χ1v) is 9.25. The van der Waals surface area contributed by atoms with Crippen LogP contribution in [0.5, 0.6) is 0 Å². The lowest BCUT2D eigenvalue weighted by atomic mass is 9.96. The summed E-state index contributed by atoms with van der Waals surface area (Å²) >= 11 is 0. The van der Waals surface area contributed by atoms with E-state index in [-0.39, 0.29) is 31.0 Å². The van der Waals surface area contributed by atoms with Gasteiger partial charge in [-0.05, 0) is 47.7 Å². The van der Waals surface area contributed by atoms with Gasteiger partial charge >= 0.3 is 5.97 Å². The van der Waals surface area contributed by atoms with E-state index in [1.807, 2.05) is 32.0 Å². The lowest BCUT2D eigenvalue weighted by Crippen LogP contribution is -2.18. The van der Waals surface area contributed by atoms with Crippen molar-refractivity contribution in [2.24, 2.45) is 0 Å². The van der Waals surface area contributed by atoms with Crippen LogP contribution >= 0.6 is 0 Å². The van der Waals surface area contributed by atoms with Crippen LogP contribution in [0.25, 0.3) is 11.1 Å². The molecule has 0 spiro atoms. The minimum absolute atomic E-state index is 0.0352. The van der Waals surface area contributed by atoms with Crippen molar-refractivity contribution in [2.75, 3.05) is 25.1 Å². The molecule has 1 amide bonds. The molecule has 27 heavy (non-hydrogen) atoms. The lowest BCUT2D eigenvalue weighted by Gasteiger charge is -2.15. The minimum Gasteiger partial charge on any atom is -0.465 e. The highest BCUT2D eigenvalue weighted by molar-refractivity contribution is 5.93. The van der Waals surface area contributed by atoms with E-state index in [1.54, 1.807) is 0 Å². The third-order valence-electron chi connectivity index (χ3n) is 4.62. The average Bonchev–Trinajstić information content (AvgIpc) is 2.92. The summed E-state index contributed by atoms with van der Waals surface area (Å²) in [5.74, 6) is -0.506. The number of esters is 1. The van der Waals surface area contributed by atoms with Crippen LogP contribution in [-0.4, -0.2) is 31.7 Å². The molecule has 2 aromatic carbocycles. The Balaban J connectivity index is 1.86. The maximum Gasteiger partial charge on any atom is 0.302 e. The van der Waals surface area contributed by atoms with E-state index < -0.39 is 0 Å². The van der Waals surface area contributed by atoms with Gasteiger partial charge in [0, 0.05) is 25.1 Å². The van der Waals surface area contributed by atoms with E-state index >= 15 is 0 Å². The van der Waals surface area contributed by atoms with Gasteiger partial charge < -0.3 is 14.8 Å². The zero-order chi connectivity index (χ0) is 19.4. The molecule has 142 valence electrons. The second-order valence-electron chi connectivity index (χ2n) is 6.85. The Hall–Kier alpha value is -2.66. The van der Waals surface area contributed by atoms with Gasteiger partial charge in [0.25, 0.3) is 0 Å². The molecule has 1 atom stereocenters. The molecule has 0 bridgehead atoms. The molecular formula is C22H25NO4. The van der Waals surface area contributed by atoms with Crippen LogP contribution in [0.15, 0.2) is 36.4 Å². The van der Waals surface area contributed by atoms with Crippen molar-refractivity contribution in [2.45, 2.75) is 33.1 Å². The molecule has 0 heterocycles. The minimum atomic E-state index is -0.296. The van der Waals surface area contributed by atoms with E-state index in [9.17, 15) is 9.59 Å². The molecular weight excluding hydrogens is 342 g/mol. The van der Waals surface area contributed by atoms with Crippen molar-refractivity contribution in [3.05, 3.63) is 53.1 Å². The molecule has 5 heteroatoms. The van der Waals surface area contributed by atoms with Crippen LogP contribution in [0.1, 0.15) is 42.9 Å². The number of aryl methyl sites for hydroxylation is 1. The summed E-state index contributed by atoms with van der Waals surface area (Å²) in [6, 6.07) is 12.2. The van der Waals surface area contributed by atoms with Gasteiger partial charge in [-0.3, -0.25) is 9.59 Å². The fourth-order valence-electron chi connectivity index (χ4n) is 3.44. The first-order valence-electron chi connectivity index (χ1n) is 9.25. The Bertz CT molecular complexity index is 859. The Morgan fingerprint density at radius 1 is 1.07 bits per heavy atom. The smallest absolute Gasteiger partial charge is 0.302 e. The fraction of sp³-hybridized carbons (Fsp3) is 0.364. The van der Waals surface area contributed by atoms with Crippen molar-refractivity contribution >= 4 is 17.6 Å². The van der Waals surface area contributed by atoms with Crippen molar-refractivity contribution < 1.29 is 19.1 Å². The maximum atomic E-state index is 12.0. The first kappa shape index (κ1) is 19.1. The predicted molar refractivity (Wildman–Crippen MR) is 105 cm³/mol. The number of carbonyl (C=O) groups excluding carboxylic acids is 2. The molecule has 1 unspecified atom stereocenters. The number of benzene rings is 2. The molecule has 3 rings (SSSR count). The number of anilines is 1. The monoisotopic (exact) mass is 367 g/mol. The van der Waals surface area contributed by atoms with Crippen LogP contribution in [0.4, 0.5) is 5.69 Å². The van der Waals surface area contributed by atoms with Gasteiger partial charge in [0.2, 0.25) is 5.91 Å². The zero-order valence-electron chi connectivity index (χ0n) is 16.0. The van der Waals surface area contributed by atoms with Crippen molar-refractivity contribution in [3.8, 4) is 11.1 Å². The van der Waals surface area contributed by atoms with Gasteiger partial charge in [-0.2, -0.15) is 0 Å². The summed E-state index contributed by atoms with van der Waals surface area (Å²) in [5, 5.41) is 2.88. The van der Waals surface area contributed by atoms with E-state index in [4.69, 9.17) is 9.47 Å². The van der Waals surface area contributed by atoms with Gasteiger partial charge in [0.1, 0.15) is 13.2 Å². The molecule has 0 saturated carbocycles. The quantitative estimate of drug-likeness (QED) is 0.593. The zero-order valence-corrected chi connectivity index (χ0v) is 16.0. The van der Waals surface area contributed by atoms with E-state index in [0.29, 0.717) is 6.61 Å². The number of nitrogens with one attached hydrogen (secondary N) is 1. The largest absolute Gasteiger partial charge is 0.465 e. The highest BCUT2D eigenvalue weighted by Crippen LogP contribution is 2.46. The Morgan fingerprint density at radius 2 is 1.78 bits per heavy atom. The number of hydrogen-bond acceptors (Lipinski definition) is 4. The third kappa shape index (κ3) is 4.37. The molecule has 0 aliphatic heterocycles. The van der Waals surface area contributed by atoms with Crippen molar-refractivity contribution in [1.29, 1.82) is 0 Å². The Labute approximate surface area is 159 Å². The van der Waals surface area contributed by atoms with E-state index in [1.165, 1.54) is 6.92 Å². The SMILES string of the molecule is CCCOCC(=O)Nc1ccc2c(c1)C(COC(C)=O)c1cc(C)ccc1-2. The highest BCUT2D eigenvalue weighted by atomic mass is 16.5. The number of rotatable bonds is 7. The van der Waals surface area contributed by atoms with Gasteiger partial charge in [0.15, 0.2) is 0 Å². The van der Waals surface area contributed by atoms with Crippen molar-refractivity contribution in [1.82, 2.24) is 0 Å². The number of ether oxygens (including phenoxy) is 2. The van der Waals surface area contributed by atoms with E-state index in [2.05, 4.69) is 23.5 Å². The van der Waals surface area contributed by atoms with Gasteiger partial charge in [-0.1, -0.05) is 36.8 Å². The molecule has 0 fully saturated rings. The number of carbonyl (C=O) groups is 2. The maximum absolute atomic E-state index is 12.0. The Kier molecular flexibility index (Phi) is 5.91. The fourth-order valence-corrected chi connectivity index (χ4v) is 3.44. The molecule has 0 radical (unpaired) electrons. The van der Waals surface area contributed by atoms with Crippen LogP contribution in [0, 0.1) is 6.92 Å². The van der Waals surface area contributed by atoms with E-state index in [0.717, 1.165) is 39.9 Å². The summed E-state index contributed by atoms with van der Waals surface area (Å²) in [6.45, 7) is 6.36. The van der Waals surface area contributed by atoms with Gasteiger partial charge in [0.05, 0.1) is 0 Å². The molecule has 0 saturated heterocycles. The number of hydrogen-bond donors (Lipinski definition) is 1. The van der Waals surface area contributed by atoms with Gasteiger partial charge in [-0.15, -0.1) is 0 Å². The molecule has 0 aromatic heterocycles. The number of amides is 1. The second-order valence-corrected chi connectivity index (χ2v) is 6.85. The average molecular weight is 367 g/mol. The third-order valence-corrected chi connectivity index (χ3v) is 4.62. The summed E-state index contributed by atoms with van der Waals surface area (Å²) in [6.07, 6.45) is 0.877. The van der Waals surface area contributed by atoms with Crippen LogP contribution in [0.3, 0.4) is 0 Å². The van der Waals surface area contributed by atoms with Gasteiger partial charge in [-0.25, -0.2) is 0 Å².